The van der Waals surface area contributed by atoms with Crippen molar-refractivity contribution in [2.24, 2.45) is 17.8 Å². The molecule has 8 nitrogen and oxygen atoms in total. The zero-order chi connectivity index (χ0) is 28.1. The number of aryl methyl sites for hydroxylation is 2. The van der Waals surface area contributed by atoms with E-state index in [1.165, 1.54) is 0 Å². The molecule has 1 spiro atoms. The maximum absolute atomic E-state index is 14.1. The van der Waals surface area contributed by atoms with Gasteiger partial charge in [0.25, 0.3) is 0 Å². The molecule has 3 N–H and O–H groups in total. The lowest BCUT2D eigenvalue weighted by Gasteiger charge is -2.39. The van der Waals surface area contributed by atoms with Crippen LogP contribution in [0.4, 0.5) is 11.4 Å². The first-order chi connectivity index (χ1) is 18.6. The van der Waals surface area contributed by atoms with Gasteiger partial charge in [-0.15, -0.1) is 11.8 Å². The molecule has 5 rings (SSSR count). The third kappa shape index (κ3) is 4.39. The smallest absolute Gasteiger partial charge is 0.248 e. The Morgan fingerprint density at radius 1 is 1.13 bits per heavy atom. The molecule has 2 aromatic rings. The van der Waals surface area contributed by atoms with Crippen LogP contribution >= 0.6 is 11.8 Å². The summed E-state index contributed by atoms with van der Waals surface area (Å²) in [6.45, 7) is 9.92. The summed E-state index contributed by atoms with van der Waals surface area (Å²) in [6.07, 6.45) is 0.740. The molecule has 9 heteroatoms. The van der Waals surface area contributed by atoms with Gasteiger partial charge in [0.1, 0.15) is 11.8 Å². The van der Waals surface area contributed by atoms with Crippen molar-refractivity contribution >= 4 is 40.9 Å². The lowest BCUT2D eigenvalue weighted by molar-refractivity contribution is -0.140. The lowest BCUT2D eigenvalue weighted by Crippen LogP contribution is -2.56. The molecule has 3 heterocycles. The highest BCUT2D eigenvalue weighted by molar-refractivity contribution is 8.02. The fourth-order valence-corrected chi connectivity index (χ4v) is 9.26. The molecule has 0 radical (unpaired) electrons. The summed E-state index contributed by atoms with van der Waals surface area (Å²) in [5.41, 5.74) is 3.25. The van der Waals surface area contributed by atoms with E-state index in [0.717, 1.165) is 29.0 Å². The minimum atomic E-state index is -0.801. The number of fused-ring (bicyclic) bond motifs is 1. The second kappa shape index (κ2) is 10.5. The Labute approximate surface area is 233 Å². The summed E-state index contributed by atoms with van der Waals surface area (Å²) in [6, 6.07) is 11.7. The monoisotopic (exact) mass is 551 g/mol. The highest BCUT2D eigenvalue weighted by Gasteiger charge is 2.76. The molecule has 3 saturated heterocycles. The van der Waals surface area contributed by atoms with Gasteiger partial charge in [0.2, 0.25) is 17.7 Å². The van der Waals surface area contributed by atoms with Gasteiger partial charge in [-0.1, -0.05) is 25.1 Å². The van der Waals surface area contributed by atoms with Crippen LogP contribution in [0.2, 0.25) is 0 Å². The molecule has 0 aliphatic carbocycles. The Bertz CT molecular complexity index is 1260. The molecular weight excluding hydrogens is 514 g/mol. The normalized spacial score (nSPS) is 29.7. The van der Waals surface area contributed by atoms with Crippen molar-refractivity contribution in [3.63, 3.8) is 0 Å². The third-order valence-electron chi connectivity index (χ3n) is 8.64. The van der Waals surface area contributed by atoms with E-state index in [0.29, 0.717) is 12.3 Å². The second-order valence-electron chi connectivity index (χ2n) is 11.0. The summed E-state index contributed by atoms with van der Waals surface area (Å²) < 4.78 is 4.74. The van der Waals surface area contributed by atoms with Gasteiger partial charge in [0.05, 0.1) is 35.8 Å². The fourth-order valence-electron chi connectivity index (χ4n) is 6.85. The van der Waals surface area contributed by atoms with E-state index in [1.807, 2.05) is 39.0 Å². The fraction of sp³-hybridized carbons (Fsp3) is 0.500. The van der Waals surface area contributed by atoms with Crippen molar-refractivity contribution in [2.75, 3.05) is 23.8 Å². The van der Waals surface area contributed by atoms with Gasteiger partial charge in [-0.2, -0.15) is 0 Å². The highest BCUT2D eigenvalue weighted by atomic mass is 32.2. The van der Waals surface area contributed by atoms with Crippen molar-refractivity contribution in [3.05, 3.63) is 53.6 Å². The predicted octanol–water partition coefficient (Wildman–Crippen LogP) is 4.00. The van der Waals surface area contributed by atoms with Crippen molar-refractivity contribution in [1.82, 2.24) is 4.90 Å². The number of aliphatic hydroxyl groups excluding tert-OH is 1. The molecule has 2 bridgehead atoms. The molecule has 3 fully saturated rings. The Balaban J connectivity index is 1.48. The number of rotatable bonds is 8. The van der Waals surface area contributed by atoms with Crippen LogP contribution in [-0.4, -0.2) is 63.0 Å². The number of carbonyl (C=O) groups is 3. The predicted molar refractivity (Wildman–Crippen MR) is 153 cm³/mol. The zero-order valence-electron chi connectivity index (χ0n) is 23.1. The van der Waals surface area contributed by atoms with E-state index in [-0.39, 0.29) is 35.5 Å². The van der Waals surface area contributed by atoms with Gasteiger partial charge in [-0.25, -0.2) is 0 Å². The molecule has 3 amide bonds. The van der Waals surface area contributed by atoms with Crippen LogP contribution in [-0.2, 0) is 14.4 Å². The summed E-state index contributed by atoms with van der Waals surface area (Å²) in [5, 5.41) is 16.2. The average molecular weight is 552 g/mol. The molecule has 0 saturated carbocycles. The average Bonchev–Trinajstić information content (AvgIpc) is 3.50. The van der Waals surface area contributed by atoms with Crippen LogP contribution in [0.1, 0.15) is 38.3 Å². The van der Waals surface area contributed by atoms with E-state index in [1.54, 1.807) is 47.9 Å². The summed E-state index contributed by atoms with van der Waals surface area (Å²) in [5.74, 6) is -1.17. The van der Waals surface area contributed by atoms with Crippen LogP contribution in [0, 0.1) is 31.6 Å². The zero-order valence-corrected chi connectivity index (χ0v) is 23.9. The van der Waals surface area contributed by atoms with Crippen molar-refractivity contribution in [3.8, 4) is 5.75 Å². The standard InChI is InChI=1S/C30H37N3O5S/c1-6-38-21-12-10-20(11-13-21)31-27(35)23-22-14-18(4)30(39-22)24(23)29(37)33(19(5)15-34)26(30)28(36)32-25-16(2)8-7-9-17(25)3/h7-13,18-19,22-24,26,34H,6,14-15H2,1-5H3,(H,31,35)(H,32,36)/t18?,19-,22+,23-,24+,26?,30?/m1/s1. The van der Waals surface area contributed by atoms with Crippen LogP contribution in [0.15, 0.2) is 42.5 Å². The number of hydrogen-bond donors (Lipinski definition) is 3. The summed E-state index contributed by atoms with van der Waals surface area (Å²) in [4.78, 5) is 43.5. The molecule has 0 aromatic heterocycles. The molecular formula is C30H37N3O5S. The van der Waals surface area contributed by atoms with Crippen LogP contribution in [0.5, 0.6) is 5.75 Å². The number of para-hydroxylation sites is 1. The topological polar surface area (TPSA) is 108 Å². The number of amides is 3. The quantitative estimate of drug-likeness (QED) is 0.458. The van der Waals surface area contributed by atoms with Crippen LogP contribution in [0.3, 0.4) is 0 Å². The molecule has 39 heavy (non-hydrogen) atoms. The minimum Gasteiger partial charge on any atom is -0.494 e. The molecule has 3 aliphatic rings. The van der Waals surface area contributed by atoms with E-state index >= 15 is 0 Å². The van der Waals surface area contributed by atoms with Crippen molar-refractivity contribution in [1.29, 1.82) is 0 Å². The number of benzene rings is 2. The first kappa shape index (κ1) is 27.5. The maximum atomic E-state index is 14.1. The number of thioether (sulfide) groups is 1. The first-order valence-corrected chi connectivity index (χ1v) is 14.5. The van der Waals surface area contributed by atoms with Crippen LogP contribution in [0.25, 0.3) is 0 Å². The van der Waals surface area contributed by atoms with Crippen molar-refractivity contribution < 1.29 is 24.2 Å². The Kier molecular flexibility index (Phi) is 7.41. The Morgan fingerprint density at radius 3 is 2.41 bits per heavy atom. The summed E-state index contributed by atoms with van der Waals surface area (Å²) >= 11 is 1.62. The number of likely N-dealkylation sites (tertiary alicyclic amines) is 1. The van der Waals surface area contributed by atoms with Gasteiger partial charge < -0.3 is 25.4 Å². The van der Waals surface area contributed by atoms with Gasteiger partial charge in [-0.05, 0) is 75.4 Å². The summed E-state index contributed by atoms with van der Waals surface area (Å²) in [7, 11) is 0. The Morgan fingerprint density at radius 2 is 1.79 bits per heavy atom. The lowest BCUT2D eigenvalue weighted by atomic mass is 9.66. The van der Waals surface area contributed by atoms with E-state index in [4.69, 9.17) is 4.74 Å². The minimum absolute atomic E-state index is 0.0422. The second-order valence-corrected chi connectivity index (χ2v) is 12.6. The van der Waals surface area contributed by atoms with Gasteiger partial charge in [0, 0.05) is 16.6 Å². The number of ether oxygens (including phenoxy) is 1. The molecule has 208 valence electrons. The highest BCUT2D eigenvalue weighted by Crippen LogP contribution is 2.68. The Hall–Kier alpha value is -3.04. The van der Waals surface area contributed by atoms with Crippen LogP contribution < -0.4 is 15.4 Å². The van der Waals surface area contributed by atoms with Crippen molar-refractivity contribution in [2.45, 2.75) is 63.1 Å². The molecule has 2 aromatic carbocycles. The van der Waals surface area contributed by atoms with E-state index in [2.05, 4.69) is 17.6 Å². The van der Waals surface area contributed by atoms with Gasteiger partial charge >= 0.3 is 0 Å². The number of nitrogens with one attached hydrogen (secondary N) is 2. The SMILES string of the molecule is CCOc1ccc(NC(=O)[C@@H]2[C@@H]3CC(C)C4(S3)C(C(=O)Nc3c(C)cccc3C)N([C@H](C)CO)C(=O)[C@H]24)cc1. The maximum Gasteiger partial charge on any atom is 0.248 e. The number of anilines is 2. The number of carbonyl (C=O) groups excluding carboxylic acids is 3. The van der Waals surface area contributed by atoms with Gasteiger partial charge in [-0.3, -0.25) is 14.4 Å². The number of aliphatic hydroxyl groups is 1. The molecule has 3 unspecified atom stereocenters. The molecule has 7 atom stereocenters. The number of nitrogens with zero attached hydrogens (tertiary/aromatic N) is 1. The first-order valence-electron chi connectivity index (χ1n) is 13.7. The largest absolute Gasteiger partial charge is 0.494 e. The van der Waals surface area contributed by atoms with E-state index in [9.17, 15) is 19.5 Å². The van der Waals surface area contributed by atoms with Gasteiger partial charge in [0.15, 0.2) is 0 Å². The van der Waals surface area contributed by atoms with E-state index < -0.39 is 28.7 Å². The molecule has 3 aliphatic heterocycles. The number of hydrogen-bond acceptors (Lipinski definition) is 6. The third-order valence-corrected chi connectivity index (χ3v) is 10.7.